The van der Waals surface area contributed by atoms with E-state index in [0.717, 1.165) is 13.1 Å². The summed E-state index contributed by atoms with van der Waals surface area (Å²) in [6, 6.07) is 1.30. The normalized spacial score (nSPS) is 26.6. The second kappa shape index (κ2) is 7.25. The van der Waals surface area contributed by atoms with Gasteiger partial charge in [-0.1, -0.05) is 0 Å². The summed E-state index contributed by atoms with van der Waals surface area (Å²) in [6.07, 6.45) is 5.51. The summed E-state index contributed by atoms with van der Waals surface area (Å²) < 4.78 is 5.44. The molecule has 1 rings (SSSR count). The monoisotopic (exact) mass is 228 g/mol. The molecule has 0 aromatic heterocycles. The number of hydrogen-bond acceptors (Lipinski definition) is 3. The summed E-state index contributed by atoms with van der Waals surface area (Å²) >= 11 is 0. The van der Waals surface area contributed by atoms with E-state index in [9.17, 15) is 0 Å². The van der Waals surface area contributed by atoms with Crippen LogP contribution in [-0.4, -0.2) is 50.3 Å². The van der Waals surface area contributed by atoms with Crippen molar-refractivity contribution in [1.29, 1.82) is 0 Å². The van der Waals surface area contributed by atoms with Crippen molar-refractivity contribution < 1.29 is 4.74 Å². The third kappa shape index (κ3) is 4.81. The zero-order valence-electron chi connectivity index (χ0n) is 11.3. The molecule has 0 aliphatic heterocycles. The molecule has 0 heterocycles. The van der Waals surface area contributed by atoms with Gasteiger partial charge in [0, 0.05) is 32.3 Å². The van der Waals surface area contributed by atoms with Crippen molar-refractivity contribution in [2.45, 2.75) is 57.7 Å². The predicted octanol–water partition coefficient (Wildman–Crippen LogP) is 1.87. The van der Waals surface area contributed by atoms with Crippen LogP contribution in [0.1, 0.15) is 39.5 Å². The Labute approximate surface area is 101 Å². The van der Waals surface area contributed by atoms with E-state index in [-0.39, 0.29) is 0 Å². The Bertz CT molecular complexity index is 185. The van der Waals surface area contributed by atoms with Gasteiger partial charge in [0.1, 0.15) is 0 Å². The van der Waals surface area contributed by atoms with Gasteiger partial charge in [0.2, 0.25) is 0 Å². The van der Waals surface area contributed by atoms with Crippen LogP contribution in [0.15, 0.2) is 0 Å². The lowest BCUT2D eigenvalue weighted by Crippen LogP contribution is -2.41. The standard InChI is InChI=1S/C13H28N2O/c1-11(2)15(3)9-8-14-12-6-5-7-13(10-12)16-4/h11-14H,5-10H2,1-4H3. The molecule has 0 spiro atoms. The Morgan fingerprint density at radius 1 is 1.38 bits per heavy atom. The maximum Gasteiger partial charge on any atom is 0.0586 e. The SMILES string of the molecule is COC1CCCC(NCCN(C)C(C)C)C1. The summed E-state index contributed by atoms with van der Waals surface area (Å²) in [7, 11) is 4.02. The molecule has 0 amide bonds. The van der Waals surface area contributed by atoms with Gasteiger partial charge in [-0.05, 0) is 46.6 Å². The predicted molar refractivity (Wildman–Crippen MR) is 68.8 cm³/mol. The zero-order valence-corrected chi connectivity index (χ0v) is 11.3. The second-order valence-electron chi connectivity index (χ2n) is 5.25. The van der Waals surface area contributed by atoms with Crippen molar-refractivity contribution in [2.24, 2.45) is 0 Å². The molecule has 2 atom stereocenters. The second-order valence-corrected chi connectivity index (χ2v) is 5.25. The van der Waals surface area contributed by atoms with Crippen molar-refractivity contribution >= 4 is 0 Å². The Morgan fingerprint density at radius 2 is 2.12 bits per heavy atom. The molecular formula is C13H28N2O. The van der Waals surface area contributed by atoms with Gasteiger partial charge in [-0.2, -0.15) is 0 Å². The summed E-state index contributed by atoms with van der Waals surface area (Å²) in [5, 5.41) is 3.65. The van der Waals surface area contributed by atoms with Crippen molar-refractivity contribution in [3.8, 4) is 0 Å². The van der Waals surface area contributed by atoms with E-state index in [4.69, 9.17) is 4.74 Å². The molecule has 1 saturated carbocycles. The molecule has 1 aliphatic carbocycles. The summed E-state index contributed by atoms with van der Waals surface area (Å²) in [6.45, 7) is 6.70. The van der Waals surface area contributed by atoms with Crippen LogP contribution in [0.2, 0.25) is 0 Å². The highest BCUT2D eigenvalue weighted by molar-refractivity contribution is 4.78. The minimum atomic E-state index is 0.481. The van der Waals surface area contributed by atoms with Crippen molar-refractivity contribution in [2.75, 3.05) is 27.2 Å². The smallest absolute Gasteiger partial charge is 0.0586 e. The van der Waals surface area contributed by atoms with Crippen LogP contribution in [0.25, 0.3) is 0 Å². The first-order chi connectivity index (χ1) is 7.63. The Hall–Kier alpha value is -0.120. The maximum absolute atomic E-state index is 5.44. The van der Waals surface area contributed by atoms with E-state index in [2.05, 4.69) is 31.1 Å². The van der Waals surface area contributed by atoms with Gasteiger partial charge in [0.15, 0.2) is 0 Å². The molecule has 3 nitrogen and oxygen atoms in total. The molecule has 96 valence electrons. The largest absolute Gasteiger partial charge is 0.381 e. The van der Waals surface area contributed by atoms with E-state index < -0.39 is 0 Å². The Morgan fingerprint density at radius 3 is 2.75 bits per heavy atom. The van der Waals surface area contributed by atoms with Gasteiger partial charge >= 0.3 is 0 Å². The quantitative estimate of drug-likeness (QED) is 0.751. The number of methoxy groups -OCH3 is 1. The number of likely N-dealkylation sites (N-methyl/N-ethyl adjacent to an activating group) is 1. The number of hydrogen-bond donors (Lipinski definition) is 1. The first-order valence-electron chi connectivity index (χ1n) is 6.60. The molecule has 1 fully saturated rings. The van der Waals surface area contributed by atoms with Crippen molar-refractivity contribution in [3.63, 3.8) is 0 Å². The fourth-order valence-electron chi connectivity index (χ4n) is 2.25. The van der Waals surface area contributed by atoms with E-state index in [1.165, 1.54) is 25.7 Å². The minimum Gasteiger partial charge on any atom is -0.381 e. The molecule has 1 aliphatic rings. The lowest BCUT2D eigenvalue weighted by atomic mass is 9.93. The third-order valence-electron chi connectivity index (χ3n) is 3.74. The third-order valence-corrected chi connectivity index (χ3v) is 3.74. The molecule has 0 aromatic carbocycles. The van der Waals surface area contributed by atoms with Crippen LogP contribution in [0, 0.1) is 0 Å². The van der Waals surface area contributed by atoms with Gasteiger partial charge in [-0.3, -0.25) is 0 Å². The average Bonchev–Trinajstić information content (AvgIpc) is 2.29. The topological polar surface area (TPSA) is 24.5 Å². The van der Waals surface area contributed by atoms with Crippen LogP contribution in [-0.2, 0) is 4.74 Å². The minimum absolute atomic E-state index is 0.481. The molecule has 0 saturated heterocycles. The molecular weight excluding hydrogens is 200 g/mol. The molecule has 0 aromatic rings. The highest BCUT2D eigenvalue weighted by Crippen LogP contribution is 2.20. The van der Waals surface area contributed by atoms with Gasteiger partial charge in [0.05, 0.1) is 6.10 Å². The lowest BCUT2D eigenvalue weighted by Gasteiger charge is -2.30. The van der Waals surface area contributed by atoms with Gasteiger partial charge in [-0.15, -0.1) is 0 Å². The number of ether oxygens (including phenoxy) is 1. The molecule has 2 unspecified atom stereocenters. The van der Waals surface area contributed by atoms with E-state index in [1.54, 1.807) is 0 Å². The molecule has 0 radical (unpaired) electrons. The lowest BCUT2D eigenvalue weighted by molar-refractivity contribution is 0.0584. The van der Waals surface area contributed by atoms with Crippen molar-refractivity contribution in [3.05, 3.63) is 0 Å². The molecule has 0 bridgehead atoms. The van der Waals surface area contributed by atoms with Gasteiger partial charge < -0.3 is 15.0 Å². The Balaban J connectivity index is 2.12. The van der Waals surface area contributed by atoms with E-state index in [0.29, 0.717) is 18.2 Å². The zero-order chi connectivity index (χ0) is 12.0. The van der Waals surface area contributed by atoms with Crippen LogP contribution in [0.3, 0.4) is 0 Å². The number of rotatable bonds is 6. The van der Waals surface area contributed by atoms with Gasteiger partial charge in [-0.25, -0.2) is 0 Å². The van der Waals surface area contributed by atoms with Crippen LogP contribution in [0.4, 0.5) is 0 Å². The molecule has 3 heteroatoms. The average molecular weight is 228 g/mol. The highest BCUT2D eigenvalue weighted by Gasteiger charge is 2.20. The summed E-state index contributed by atoms with van der Waals surface area (Å²) in [4.78, 5) is 2.38. The first kappa shape index (κ1) is 13.9. The maximum atomic E-state index is 5.44. The van der Waals surface area contributed by atoms with Crippen LogP contribution < -0.4 is 5.32 Å². The van der Waals surface area contributed by atoms with Gasteiger partial charge in [0.25, 0.3) is 0 Å². The molecule has 16 heavy (non-hydrogen) atoms. The highest BCUT2D eigenvalue weighted by atomic mass is 16.5. The fourth-order valence-corrected chi connectivity index (χ4v) is 2.25. The van der Waals surface area contributed by atoms with Crippen molar-refractivity contribution in [1.82, 2.24) is 10.2 Å². The summed E-state index contributed by atoms with van der Waals surface area (Å²) in [5.41, 5.74) is 0. The van der Waals surface area contributed by atoms with E-state index in [1.807, 2.05) is 7.11 Å². The summed E-state index contributed by atoms with van der Waals surface area (Å²) in [5.74, 6) is 0. The number of nitrogens with zero attached hydrogens (tertiary/aromatic N) is 1. The number of nitrogens with one attached hydrogen (secondary N) is 1. The molecule has 1 N–H and O–H groups in total. The van der Waals surface area contributed by atoms with Crippen LogP contribution >= 0.6 is 0 Å². The first-order valence-corrected chi connectivity index (χ1v) is 6.60. The van der Waals surface area contributed by atoms with Crippen LogP contribution in [0.5, 0.6) is 0 Å². The fraction of sp³-hybridized carbons (Fsp3) is 1.00. The van der Waals surface area contributed by atoms with E-state index >= 15 is 0 Å². The Kier molecular flexibility index (Phi) is 6.32.